The van der Waals surface area contributed by atoms with Gasteiger partial charge in [0.1, 0.15) is 17.3 Å². The molecule has 3 aromatic rings. The zero-order valence-electron chi connectivity index (χ0n) is 14.1. The van der Waals surface area contributed by atoms with Gasteiger partial charge in [0.2, 0.25) is 0 Å². The topological polar surface area (TPSA) is 50.7 Å². The maximum atomic E-state index is 13.5. The Morgan fingerprint density at radius 1 is 1.00 bits per heavy atom. The molecule has 0 bridgehead atoms. The van der Waals surface area contributed by atoms with Gasteiger partial charge in [0.05, 0.1) is 11.8 Å². The fourth-order valence-electron chi connectivity index (χ4n) is 2.34. The van der Waals surface area contributed by atoms with Crippen LogP contribution in [-0.2, 0) is 0 Å². The molecule has 0 aliphatic heterocycles. The lowest BCUT2D eigenvalue weighted by molar-refractivity contribution is 0.0953. The van der Waals surface area contributed by atoms with Gasteiger partial charge < -0.3 is 4.74 Å². The normalized spacial score (nSPS) is 10.7. The van der Waals surface area contributed by atoms with Crippen molar-refractivity contribution in [2.45, 2.75) is 6.92 Å². The summed E-state index contributed by atoms with van der Waals surface area (Å²) in [6.07, 6.45) is 1.41. The van der Waals surface area contributed by atoms with Gasteiger partial charge in [-0.25, -0.2) is 9.82 Å². The van der Waals surface area contributed by atoms with E-state index in [1.165, 1.54) is 12.3 Å². The molecule has 0 aliphatic rings. The first-order valence-electron chi connectivity index (χ1n) is 8.05. The first-order valence-corrected chi connectivity index (χ1v) is 8.05. The Morgan fingerprint density at radius 2 is 1.73 bits per heavy atom. The van der Waals surface area contributed by atoms with Crippen molar-refractivity contribution in [3.05, 3.63) is 95.3 Å². The van der Waals surface area contributed by atoms with Crippen molar-refractivity contribution in [1.82, 2.24) is 5.43 Å². The van der Waals surface area contributed by atoms with Crippen molar-refractivity contribution >= 4 is 12.1 Å². The number of ether oxygens (including phenoxy) is 1. The van der Waals surface area contributed by atoms with Gasteiger partial charge in [-0.15, -0.1) is 0 Å². The summed E-state index contributed by atoms with van der Waals surface area (Å²) in [5.41, 5.74) is 3.87. The zero-order chi connectivity index (χ0) is 18.4. The number of amides is 1. The van der Waals surface area contributed by atoms with E-state index in [1.807, 2.05) is 18.2 Å². The van der Waals surface area contributed by atoms with E-state index in [-0.39, 0.29) is 5.82 Å². The van der Waals surface area contributed by atoms with E-state index in [0.29, 0.717) is 28.2 Å². The van der Waals surface area contributed by atoms with Crippen LogP contribution in [0.25, 0.3) is 0 Å². The molecule has 0 heterocycles. The van der Waals surface area contributed by atoms with Crippen molar-refractivity contribution in [2.75, 3.05) is 0 Å². The Hall–Kier alpha value is -3.47. The minimum atomic E-state index is -0.415. The fraction of sp³-hybridized carbons (Fsp3) is 0.0476. The molecular weight excluding hydrogens is 331 g/mol. The first-order chi connectivity index (χ1) is 12.6. The number of benzene rings is 3. The van der Waals surface area contributed by atoms with Gasteiger partial charge in [0.15, 0.2) is 0 Å². The Bertz CT molecular complexity index is 940. The van der Waals surface area contributed by atoms with Crippen LogP contribution in [0.4, 0.5) is 4.39 Å². The Labute approximate surface area is 150 Å². The zero-order valence-corrected chi connectivity index (χ0v) is 14.1. The van der Waals surface area contributed by atoms with Crippen LogP contribution in [0.1, 0.15) is 21.5 Å². The molecule has 130 valence electrons. The minimum Gasteiger partial charge on any atom is -0.457 e. The molecule has 26 heavy (non-hydrogen) atoms. The molecule has 3 aromatic carbocycles. The predicted octanol–water partition coefficient (Wildman–Crippen LogP) is 4.69. The number of nitrogens with zero attached hydrogens (tertiary/aromatic N) is 1. The summed E-state index contributed by atoms with van der Waals surface area (Å²) in [7, 11) is 0. The summed E-state index contributed by atoms with van der Waals surface area (Å²) in [4.78, 5) is 12.4. The van der Waals surface area contributed by atoms with Gasteiger partial charge in [0.25, 0.3) is 5.91 Å². The van der Waals surface area contributed by atoms with E-state index in [1.54, 1.807) is 55.5 Å². The Morgan fingerprint density at radius 3 is 2.54 bits per heavy atom. The lowest BCUT2D eigenvalue weighted by atomic mass is 10.1. The summed E-state index contributed by atoms with van der Waals surface area (Å²) in [5, 5.41) is 3.92. The van der Waals surface area contributed by atoms with E-state index >= 15 is 0 Å². The van der Waals surface area contributed by atoms with Gasteiger partial charge in [-0.2, -0.15) is 5.10 Å². The van der Waals surface area contributed by atoms with E-state index < -0.39 is 5.91 Å². The highest BCUT2D eigenvalue weighted by Gasteiger charge is 2.12. The summed E-state index contributed by atoms with van der Waals surface area (Å²) >= 11 is 0. The van der Waals surface area contributed by atoms with Crippen LogP contribution >= 0.6 is 0 Å². The van der Waals surface area contributed by atoms with Crippen molar-refractivity contribution < 1.29 is 13.9 Å². The lowest BCUT2D eigenvalue weighted by Gasteiger charge is -2.09. The average molecular weight is 348 g/mol. The van der Waals surface area contributed by atoms with Crippen LogP contribution in [0.2, 0.25) is 0 Å². The highest BCUT2D eigenvalue weighted by atomic mass is 19.1. The van der Waals surface area contributed by atoms with Crippen LogP contribution in [0.3, 0.4) is 0 Å². The van der Waals surface area contributed by atoms with Crippen molar-refractivity contribution in [3.8, 4) is 11.5 Å². The largest absolute Gasteiger partial charge is 0.457 e. The van der Waals surface area contributed by atoms with E-state index in [2.05, 4.69) is 10.5 Å². The molecule has 1 N–H and O–H groups in total. The molecule has 0 unspecified atom stereocenters. The second-order valence-corrected chi connectivity index (χ2v) is 5.56. The first kappa shape index (κ1) is 17.4. The van der Waals surface area contributed by atoms with Gasteiger partial charge in [-0.1, -0.05) is 42.5 Å². The lowest BCUT2D eigenvalue weighted by Crippen LogP contribution is -2.18. The van der Waals surface area contributed by atoms with Crippen molar-refractivity contribution in [2.24, 2.45) is 5.10 Å². The third kappa shape index (κ3) is 4.13. The molecule has 1 amide bonds. The summed E-state index contributed by atoms with van der Waals surface area (Å²) in [6.45, 7) is 1.65. The standard InChI is InChI=1S/C21H17FN2O2/c1-15-16(8-7-12-19(15)22)14-23-24-21(25)18-11-5-6-13-20(18)26-17-9-3-2-4-10-17/h2-14H,1H3,(H,24,25). The maximum absolute atomic E-state index is 13.5. The van der Waals surface area contributed by atoms with E-state index in [0.717, 1.165) is 0 Å². The minimum absolute atomic E-state index is 0.318. The number of halogens is 1. The van der Waals surface area contributed by atoms with Crippen molar-refractivity contribution in [1.29, 1.82) is 0 Å². The van der Waals surface area contributed by atoms with Crippen LogP contribution in [0.15, 0.2) is 77.9 Å². The molecular formula is C21H17FN2O2. The third-order valence-corrected chi connectivity index (χ3v) is 3.78. The molecule has 3 rings (SSSR count). The average Bonchev–Trinajstić information content (AvgIpc) is 2.66. The predicted molar refractivity (Wildman–Crippen MR) is 99.2 cm³/mol. The molecule has 0 atom stereocenters. The number of hydrazone groups is 1. The summed E-state index contributed by atoms with van der Waals surface area (Å²) in [6, 6.07) is 20.8. The molecule has 0 aromatic heterocycles. The van der Waals surface area contributed by atoms with Gasteiger partial charge >= 0.3 is 0 Å². The molecule has 0 fully saturated rings. The van der Waals surface area contributed by atoms with Crippen LogP contribution in [0, 0.1) is 12.7 Å². The highest BCUT2D eigenvalue weighted by molar-refractivity contribution is 5.97. The molecule has 0 radical (unpaired) electrons. The molecule has 0 saturated carbocycles. The number of hydrogen-bond donors (Lipinski definition) is 1. The number of carbonyl (C=O) groups excluding carboxylic acids is 1. The van der Waals surface area contributed by atoms with Crippen molar-refractivity contribution in [3.63, 3.8) is 0 Å². The third-order valence-electron chi connectivity index (χ3n) is 3.78. The van der Waals surface area contributed by atoms with Gasteiger partial charge in [-0.05, 0) is 42.8 Å². The molecule has 0 saturated heterocycles. The SMILES string of the molecule is Cc1c(F)cccc1C=NNC(=O)c1ccccc1Oc1ccccc1. The van der Waals surface area contributed by atoms with Crippen LogP contribution < -0.4 is 10.2 Å². The Balaban J connectivity index is 1.74. The van der Waals surface area contributed by atoms with Crippen LogP contribution in [-0.4, -0.2) is 12.1 Å². The van der Waals surface area contributed by atoms with E-state index in [4.69, 9.17) is 4.74 Å². The monoisotopic (exact) mass is 348 g/mol. The van der Waals surface area contributed by atoms with Crippen LogP contribution in [0.5, 0.6) is 11.5 Å². The Kier molecular flexibility index (Phi) is 5.39. The number of rotatable bonds is 5. The quantitative estimate of drug-likeness (QED) is 0.537. The number of hydrogen-bond acceptors (Lipinski definition) is 3. The number of para-hydroxylation sites is 2. The summed E-state index contributed by atoms with van der Waals surface area (Å²) < 4.78 is 19.3. The fourth-order valence-corrected chi connectivity index (χ4v) is 2.34. The molecule has 0 spiro atoms. The van der Waals surface area contributed by atoms with Gasteiger partial charge in [0, 0.05) is 5.56 Å². The van der Waals surface area contributed by atoms with Gasteiger partial charge in [-0.3, -0.25) is 4.79 Å². The number of carbonyl (C=O) groups is 1. The number of nitrogens with one attached hydrogen (secondary N) is 1. The smallest absolute Gasteiger partial charge is 0.275 e. The molecule has 5 heteroatoms. The summed E-state index contributed by atoms with van der Waals surface area (Å²) in [5.74, 6) is 0.323. The second-order valence-electron chi connectivity index (χ2n) is 5.56. The second kappa shape index (κ2) is 8.07. The van der Waals surface area contributed by atoms with E-state index in [9.17, 15) is 9.18 Å². The molecule has 0 aliphatic carbocycles. The highest BCUT2D eigenvalue weighted by Crippen LogP contribution is 2.24. The maximum Gasteiger partial charge on any atom is 0.275 e. The molecule has 4 nitrogen and oxygen atoms in total.